The maximum atomic E-state index is 12.8. The van der Waals surface area contributed by atoms with Gasteiger partial charge in [0.2, 0.25) is 0 Å². The number of aromatic nitrogens is 3. The van der Waals surface area contributed by atoms with Gasteiger partial charge < -0.3 is 15.3 Å². The van der Waals surface area contributed by atoms with E-state index in [2.05, 4.69) is 26.3 Å². The van der Waals surface area contributed by atoms with E-state index < -0.39 is 16.3 Å². The van der Waals surface area contributed by atoms with Crippen molar-refractivity contribution in [1.29, 1.82) is 5.26 Å². The zero-order chi connectivity index (χ0) is 22.0. The molecule has 2 aromatic rings. The van der Waals surface area contributed by atoms with Crippen LogP contribution in [0.15, 0.2) is 17.3 Å². The Morgan fingerprint density at radius 1 is 1.31 bits per heavy atom. The lowest BCUT2D eigenvalue weighted by atomic mass is 9.77. The van der Waals surface area contributed by atoms with Gasteiger partial charge in [-0.15, -0.1) is 0 Å². The number of aliphatic hydroxyl groups excluding tert-OH is 1. The molecule has 0 amide bonds. The lowest BCUT2D eigenvalue weighted by Gasteiger charge is -2.42. The van der Waals surface area contributed by atoms with Crippen LogP contribution in [0.3, 0.4) is 0 Å². The van der Waals surface area contributed by atoms with Crippen molar-refractivity contribution in [2.45, 2.75) is 42.0 Å². The predicted molar refractivity (Wildman–Crippen MR) is 120 cm³/mol. The summed E-state index contributed by atoms with van der Waals surface area (Å²) in [6.07, 6.45) is 6.63. The van der Waals surface area contributed by atoms with Crippen LogP contribution in [0.1, 0.15) is 42.3 Å². The summed E-state index contributed by atoms with van der Waals surface area (Å²) < 4.78 is 12.8. The van der Waals surface area contributed by atoms with E-state index in [1.807, 2.05) is 0 Å². The molecular formula is C22H23ClN6O2S. The van der Waals surface area contributed by atoms with E-state index in [1.54, 1.807) is 12.4 Å². The Balaban J connectivity index is 1.32. The number of nitriles is 1. The van der Waals surface area contributed by atoms with E-state index >= 15 is 0 Å². The van der Waals surface area contributed by atoms with Crippen molar-refractivity contribution in [3.05, 3.63) is 34.5 Å². The first-order valence-corrected chi connectivity index (χ1v) is 12.7. The maximum absolute atomic E-state index is 12.8. The summed E-state index contributed by atoms with van der Waals surface area (Å²) >= 11 is 5.92. The highest BCUT2D eigenvalue weighted by Crippen LogP contribution is 2.58. The lowest BCUT2D eigenvalue weighted by molar-refractivity contribution is 0.144. The van der Waals surface area contributed by atoms with Crippen molar-refractivity contribution >= 4 is 33.9 Å². The fourth-order valence-electron chi connectivity index (χ4n) is 5.53. The molecular weight excluding hydrogens is 448 g/mol. The van der Waals surface area contributed by atoms with Crippen LogP contribution in [-0.4, -0.2) is 55.3 Å². The number of halogens is 1. The van der Waals surface area contributed by atoms with E-state index in [9.17, 15) is 14.6 Å². The summed E-state index contributed by atoms with van der Waals surface area (Å²) in [5.74, 6) is 3.21. The summed E-state index contributed by atoms with van der Waals surface area (Å²) in [7, 11) is -1.18. The van der Waals surface area contributed by atoms with Crippen LogP contribution in [0.25, 0.3) is 0 Å². The van der Waals surface area contributed by atoms with Gasteiger partial charge in [0.25, 0.3) is 0 Å². The number of fused-ring (bicyclic) bond motifs is 2. The van der Waals surface area contributed by atoms with E-state index in [0.717, 1.165) is 43.9 Å². The molecule has 0 aromatic carbocycles. The summed E-state index contributed by atoms with van der Waals surface area (Å²) in [4.78, 5) is 16.5. The summed E-state index contributed by atoms with van der Waals surface area (Å²) in [6, 6.07) is 2.34. The van der Waals surface area contributed by atoms with Gasteiger partial charge in [-0.1, -0.05) is 11.6 Å². The molecule has 2 aromatic heterocycles. The van der Waals surface area contributed by atoms with Crippen LogP contribution >= 0.6 is 11.6 Å². The molecule has 2 unspecified atom stereocenters. The smallest absolute Gasteiger partial charge is 0.149 e. The van der Waals surface area contributed by atoms with Crippen LogP contribution in [0.2, 0.25) is 5.02 Å². The molecule has 0 bridgehead atoms. The fourth-order valence-corrected chi connectivity index (χ4v) is 7.00. The first kappa shape index (κ1) is 20.3. The highest BCUT2D eigenvalue weighted by Gasteiger charge is 2.58. The van der Waals surface area contributed by atoms with Crippen molar-refractivity contribution in [1.82, 2.24) is 15.0 Å². The molecule has 166 valence electrons. The number of hydrogen-bond acceptors (Lipinski definition) is 8. The Bertz CT molecular complexity index is 1140. The van der Waals surface area contributed by atoms with Gasteiger partial charge in [-0.2, -0.15) is 5.26 Å². The van der Waals surface area contributed by atoms with Crippen molar-refractivity contribution in [3.63, 3.8) is 0 Å². The molecule has 10 heteroatoms. The molecule has 0 radical (unpaired) electrons. The Kier molecular flexibility index (Phi) is 4.68. The monoisotopic (exact) mass is 470 g/mol. The molecule has 3 fully saturated rings. The molecule has 2 aliphatic carbocycles. The quantitative estimate of drug-likeness (QED) is 0.683. The Labute approximate surface area is 193 Å². The minimum Gasteiger partial charge on any atom is -0.394 e. The lowest BCUT2D eigenvalue weighted by Crippen LogP contribution is -2.48. The van der Waals surface area contributed by atoms with Gasteiger partial charge in [-0.3, -0.25) is 4.21 Å². The van der Waals surface area contributed by atoms with Crippen molar-refractivity contribution < 1.29 is 9.32 Å². The van der Waals surface area contributed by atoms with Gasteiger partial charge in [0.05, 0.1) is 44.2 Å². The molecule has 8 nitrogen and oxygen atoms in total. The largest absolute Gasteiger partial charge is 0.394 e. The first-order chi connectivity index (χ1) is 15.5. The van der Waals surface area contributed by atoms with Gasteiger partial charge in [-0.25, -0.2) is 15.0 Å². The van der Waals surface area contributed by atoms with Crippen LogP contribution in [0, 0.1) is 23.2 Å². The maximum Gasteiger partial charge on any atom is 0.149 e. The van der Waals surface area contributed by atoms with Crippen LogP contribution in [0.4, 0.5) is 11.5 Å². The van der Waals surface area contributed by atoms with E-state index in [1.165, 1.54) is 0 Å². The van der Waals surface area contributed by atoms with Crippen molar-refractivity contribution in [3.8, 4) is 6.07 Å². The second-order valence-corrected chi connectivity index (χ2v) is 11.3. The van der Waals surface area contributed by atoms with Crippen molar-refractivity contribution in [2.75, 3.05) is 35.7 Å². The number of piperidine rings is 1. The van der Waals surface area contributed by atoms with Gasteiger partial charge in [0.1, 0.15) is 23.3 Å². The number of aliphatic hydroxyl groups is 1. The zero-order valence-corrected chi connectivity index (χ0v) is 19.0. The Hall–Kier alpha value is -2.28. The molecule has 2 aliphatic heterocycles. The molecule has 3 atom stereocenters. The SMILES string of the molecule is N#Cc1c(N2CC3C(C2)C3c2ncc(Cl)cn2)nc2c(c1NC1(CO)CCC1)[S@@](=O)CC2. The second-order valence-electron chi connectivity index (χ2n) is 9.31. The highest BCUT2D eigenvalue weighted by molar-refractivity contribution is 7.85. The second kappa shape index (κ2) is 7.37. The summed E-state index contributed by atoms with van der Waals surface area (Å²) in [5, 5.41) is 24.1. The molecule has 2 saturated carbocycles. The molecule has 32 heavy (non-hydrogen) atoms. The van der Waals surface area contributed by atoms with Crippen LogP contribution in [-0.2, 0) is 17.2 Å². The molecule has 6 rings (SSSR count). The zero-order valence-electron chi connectivity index (χ0n) is 17.4. The van der Waals surface area contributed by atoms with E-state index in [4.69, 9.17) is 16.6 Å². The number of rotatable bonds is 5. The van der Waals surface area contributed by atoms with Gasteiger partial charge >= 0.3 is 0 Å². The number of nitrogens with one attached hydrogen (secondary N) is 1. The molecule has 2 N–H and O–H groups in total. The fraction of sp³-hybridized carbons (Fsp3) is 0.545. The number of hydrogen-bond donors (Lipinski definition) is 2. The molecule has 4 aliphatic rings. The average molecular weight is 471 g/mol. The summed E-state index contributed by atoms with van der Waals surface area (Å²) in [5.41, 5.74) is 1.44. The molecule has 4 heterocycles. The standard InChI is InChI=1S/C22H23ClN6O2S/c23-12-7-25-20(26-8-12)17-14-9-29(10-15(14)17)21-13(6-24)18(28-22(11-30)3-1-4-22)19-16(27-21)2-5-32(19)31/h7-8,14-15,17,30H,1-5,9-11H2,(H,27,28)/t14?,15?,17?,32-/m0/s1. The molecule has 1 saturated heterocycles. The minimum absolute atomic E-state index is 0.00638. The van der Waals surface area contributed by atoms with Crippen LogP contribution < -0.4 is 10.2 Å². The third-order valence-electron chi connectivity index (χ3n) is 7.50. The number of aryl methyl sites for hydroxylation is 1. The average Bonchev–Trinajstić information content (AvgIpc) is 3.08. The van der Waals surface area contributed by atoms with Gasteiger partial charge in [0.15, 0.2) is 0 Å². The number of pyridine rings is 1. The topological polar surface area (TPSA) is 115 Å². The third kappa shape index (κ3) is 3.04. The highest BCUT2D eigenvalue weighted by atomic mass is 35.5. The summed E-state index contributed by atoms with van der Waals surface area (Å²) in [6.45, 7) is 1.57. The predicted octanol–water partition coefficient (Wildman–Crippen LogP) is 2.24. The Morgan fingerprint density at radius 2 is 2.03 bits per heavy atom. The van der Waals surface area contributed by atoms with E-state index in [0.29, 0.717) is 56.9 Å². The first-order valence-electron chi connectivity index (χ1n) is 11.0. The van der Waals surface area contributed by atoms with Crippen LogP contribution in [0.5, 0.6) is 0 Å². The molecule has 0 spiro atoms. The third-order valence-corrected chi connectivity index (χ3v) is 9.17. The minimum atomic E-state index is -1.18. The van der Waals surface area contributed by atoms with E-state index in [-0.39, 0.29) is 6.61 Å². The van der Waals surface area contributed by atoms with Gasteiger partial charge in [-0.05, 0) is 31.1 Å². The Morgan fingerprint density at radius 3 is 2.62 bits per heavy atom. The number of nitrogens with zero attached hydrogens (tertiary/aromatic N) is 5. The van der Waals surface area contributed by atoms with Gasteiger partial charge in [0, 0.05) is 43.6 Å². The number of anilines is 2. The van der Waals surface area contributed by atoms with Crippen molar-refractivity contribution in [2.24, 2.45) is 11.8 Å². The normalized spacial score (nSPS) is 29.1.